The molecule has 0 saturated carbocycles. The van der Waals surface area contributed by atoms with E-state index in [1.807, 2.05) is 24.3 Å². The highest BCUT2D eigenvalue weighted by Gasteiger charge is 2.22. The summed E-state index contributed by atoms with van der Waals surface area (Å²) in [5.41, 5.74) is 0.935. The van der Waals surface area contributed by atoms with E-state index in [1.165, 1.54) is 0 Å². The molecule has 0 N–H and O–H groups in total. The second kappa shape index (κ2) is 5.09. The maximum absolute atomic E-state index is 10.5. The summed E-state index contributed by atoms with van der Waals surface area (Å²) < 4.78 is 16.0. The minimum absolute atomic E-state index is 0.144. The molecular formula is C12H14O4. The zero-order valence-corrected chi connectivity index (χ0v) is 9.09. The fourth-order valence-corrected chi connectivity index (χ4v) is 1.55. The molecule has 1 aromatic rings. The van der Waals surface area contributed by atoms with Gasteiger partial charge in [-0.3, -0.25) is 0 Å². The fourth-order valence-electron chi connectivity index (χ4n) is 1.55. The maximum Gasteiger partial charge on any atom is 0.183 e. The highest BCUT2D eigenvalue weighted by Crippen LogP contribution is 2.25. The van der Waals surface area contributed by atoms with Gasteiger partial charge >= 0.3 is 0 Å². The van der Waals surface area contributed by atoms with E-state index in [0.717, 1.165) is 17.6 Å². The number of benzene rings is 1. The topological polar surface area (TPSA) is 44.8 Å². The van der Waals surface area contributed by atoms with Crippen LogP contribution in [0.2, 0.25) is 0 Å². The van der Waals surface area contributed by atoms with E-state index in [1.54, 1.807) is 7.11 Å². The zero-order valence-electron chi connectivity index (χ0n) is 9.09. The van der Waals surface area contributed by atoms with Crippen molar-refractivity contribution in [1.29, 1.82) is 0 Å². The third-order valence-electron chi connectivity index (χ3n) is 2.50. The van der Waals surface area contributed by atoms with Crippen LogP contribution in [-0.2, 0) is 14.3 Å². The molecule has 4 nitrogen and oxygen atoms in total. The Labute approximate surface area is 94.1 Å². The summed E-state index contributed by atoms with van der Waals surface area (Å²) >= 11 is 0. The Morgan fingerprint density at radius 1 is 1.25 bits per heavy atom. The van der Waals surface area contributed by atoms with Gasteiger partial charge in [0.05, 0.1) is 26.2 Å². The van der Waals surface area contributed by atoms with Crippen LogP contribution in [0.15, 0.2) is 24.3 Å². The van der Waals surface area contributed by atoms with E-state index < -0.39 is 0 Å². The van der Waals surface area contributed by atoms with Gasteiger partial charge in [0.1, 0.15) is 12.0 Å². The summed E-state index contributed by atoms with van der Waals surface area (Å²) in [6.45, 7) is 0.834. The first-order valence-corrected chi connectivity index (χ1v) is 5.16. The number of methoxy groups -OCH3 is 1. The van der Waals surface area contributed by atoms with Crippen molar-refractivity contribution < 1.29 is 19.0 Å². The lowest BCUT2D eigenvalue weighted by Gasteiger charge is -2.26. The quantitative estimate of drug-likeness (QED) is 0.728. The van der Waals surface area contributed by atoms with Gasteiger partial charge in [0.15, 0.2) is 6.29 Å². The predicted molar refractivity (Wildman–Crippen MR) is 57.2 cm³/mol. The molecule has 0 unspecified atom stereocenters. The van der Waals surface area contributed by atoms with Gasteiger partial charge in [0.2, 0.25) is 0 Å². The molecule has 0 amide bonds. The molecule has 1 aliphatic rings. The average molecular weight is 222 g/mol. The number of carbonyl (C=O) groups is 1. The summed E-state index contributed by atoms with van der Waals surface area (Å²) in [4.78, 5) is 10.5. The molecule has 1 aliphatic heterocycles. The van der Waals surface area contributed by atoms with Crippen molar-refractivity contribution >= 4 is 6.29 Å². The Balaban J connectivity index is 1.99. The van der Waals surface area contributed by atoms with Gasteiger partial charge in [0, 0.05) is 5.56 Å². The Hall–Kier alpha value is -1.39. The molecule has 0 bridgehead atoms. The van der Waals surface area contributed by atoms with Crippen LogP contribution in [0.1, 0.15) is 11.9 Å². The van der Waals surface area contributed by atoms with Gasteiger partial charge < -0.3 is 19.0 Å². The molecule has 16 heavy (non-hydrogen) atoms. The van der Waals surface area contributed by atoms with E-state index in [0.29, 0.717) is 13.2 Å². The van der Waals surface area contributed by atoms with Gasteiger partial charge in [-0.2, -0.15) is 0 Å². The lowest BCUT2D eigenvalue weighted by atomic mass is 10.1. The van der Waals surface area contributed by atoms with Gasteiger partial charge in [-0.05, 0) is 12.1 Å². The van der Waals surface area contributed by atoms with E-state index >= 15 is 0 Å². The monoisotopic (exact) mass is 222 g/mol. The number of carbonyl (C=O) groups excluding carboxylic acids is 1. The summed E-state index contributed by atoms with van der Waals surface area (Å²) in [6.07, 6.45) is 0.492. The molecule has 0 radical (unpaired) electrons. The standard InChI is InChI=1S/C12H14O4/c1-14-11-4-2-10(3-5-11)12-15-7-9(6-13)8-16-12/h2-6,9,12H,7-8H2,1H3. The van der Waals surface area contributed by atoms with Crippen LogP contribution < -0.4 is 4.74 Å². The Morgan fingerprint density at radius 3 is 2.38 bits per heavy atom. The van der Waals surface area contributed by atoms with Gasteiger partial charge in [-0.25, -0.2) is 0 Å². The molecule has 2 rings (SSSR count). The molecule has 0 spiro atoms. The highest BCUT2D eigenvalue weighted by molar-refractivity contribution is 5.53. The van der Waals surface area contributed by atoms with Crippen molar-refractivity contribution in [2.75, 3.05) is 20.3 Å². The summed E-state index contributed by atoms with van der Waals surface area (Å²) in [5, 5.41) is 0. The number of rotatable bonds is 3. The number of hydrogen-bond acceptors (Lipinski definition) is 4. The SMILES string of the molecule is COc1ccc(C2OCC(C=O)CO2)cc1. The van der Waals surface area contributed by atoms with Crippen LogP contribution in [0, 0.1) is 5.92 Å². The second-order valence-corrected chi connectivity index (χ2v) is 3.67. The minimum atomic E-state index is -0.373. The van der Waals surface area contributed by atoms with Gasteiger partial charge in [-0.15, -0.1) is 0 Å². The number of ether oxygens (including phenoxy) is 3. The van der Waals surface area contributed by atoms with Crippen LogP contribution in [0.4, 0.5) is 0 Å². The Bertz CT molecular complexity index is 339. The third kappa shape index (κ3) is 2.40. The summed E-state index contributed by atoms with van der Waals surface area (Å²) in [7, 11) is 1.62. The largest absolute Gasteiger partial charge is 0.497 e. The molecule has 4 heteroatoms. The molecule has 1 fully saturated rings. The van der Waals surface area contributed by atoms with E-state index in [2.05, 4.69) is 0 Å². The minimum Gasteiger partial charge on any atom is -0.497 e. The molecule has 86 valence electrons. The molecule has 1 saturated heterocycles. The molecule has 1 aromatic carbocycles. The van der Waals surface area contributed by atoms with E-state index in [4.69, 9.17) is 14.2 Å². The van der Waals surface area contributed by atoms with Crippen molar-refractivity contribution in [2.45, 2.75) is 6.29 Å². The molecule has 0 atom stereocenters. The first-order valence-electron chi connectivity index (χ1n) is 5.16. The summed E-state index contributed by atoms with van der Waals surface area (Å²) in [5.74, 6) is 0.653. The van der Waals surface area contributed by atoms with Crippen molar-refractivity contribution in [1.82, 2.24) is 0 Å². The lowest BCUT2D eigenvalue weighted by molar-refractivity contribution is -0.201. The summed E-state index contributed by atoms with van der Waals surface area (Å²) in [6, 6.07) is 7.50. The van der Waals surface area contributed by atoms with Crippen molar-refractivity contribution in [2.24, 2.45) is 5.92 Å². The molecule has 1 heterocycles. The molecule has 0 aliphatic carbocycles. The van der Waals surface area contributed by atoms with Gasteiger partial charge in [0.25, 0.3) is 0 Å². The van der Waals surface area contributed by atoms with Crippen molar-refractivity contribution in [3.8, 4) is 5.75 Å². The van der Waals surface area contributed by atoms with Crippen LogP contribution in [0.5, 0.6) is 5.75 Å². The normalized spacial score (nSPS) is 25.1. The average Bonchev–Trinajstić information content (AvgIpc) is 2.39. The first-order chi connectivity index (χ1) is 7.83. The predicted octanol–water partition coefficient (Wildman–Crippen LogP) is 1.56. The number of aldehydes is 1. The van der Waals surface area contributed by atoms with Crippen LogP contribution in [0.25, 0.3) is 0 Å². The number of hydrogen-bond donors (Lipinski definition) is 0. The smallest absolute Gasteiger partial charge is 0.183 e. The third-order valence-corrected chi connectivity index (χ3v) is 2.50. The molecular weight excluding hydrogens is 208 g/mol. The van der Waals surface area contributed by atoms with Gasteiger partial charge in [-0.1, -0.05) is 12.1 Å². The fraction of sp³-hybridized carbons (Fsp3) is 0.417. The first kappa shape index (κ1) is 11.1. The Morgan fingerprint density at radius 2 is 1.88 bits per heavy atom. The second-order valence-electron chi connectivity index (χ2n) is 3.67. The van der Waals surface area contributed by atoms with E-state index in [9.17, 15) is 4.79 Å². The van der Waals surface area contributed by atoms with Crippen LogP contribution in [0.3, 0.4) is 0 Å². The maximum atomic E-state index is 10.5. The Kier molecular flexibility index (Phi) is 3.54. The molecule has 0 aromatic heterocycles. The lowest BCUT2D eigenvalue weighted by Crippen LogP contribution is -2.27. The van der Waals surface area contributed by atoms with Crippen LogP contribution >= 0.6 is 0 Å². The van der Waals surface area contributed by atoms with E-state index in [-0.39, 0.29) is 12.2 Å². The zero-order chi connectivity index (χ0) is 11.4. The van der Waals surface area contributed by atoms with Crippen molar-refractivity contribution in [3.05, 3.63) is 29.8 Å². The highest BCUT2D eigenvalue weighted by atomic mass is 16.7. The van der Waals surface area contributed by atoms with Crippen LogP contribution in [-0.4, -0.2) is 26.6 Å². The van der Waals surface area contributed by atoms with Crippen molar-refractivity contribution in [3.63, 3.8) is 0 Å².